The van der Waals surface area contributed by atoms with Gasteiger partial charge in [0.25, 0.3) is 21.6 Å². The zero-order valence-corrected chi connectivity index (χ0v) is 19.1. The van der Waals surface area contributed by atoms with E-state index in [4.69, 9.17) is 27.9 Å². The summed E-state index contributed by atoms with van der Waals surface area (Å²) in [6.07, 6.45) is 1.69. The van der Waals surface area contributed by atoms with Crippen molar-refractivity contribution in [2.75, 3.05) is 6.54 Å². The molecule has 0 atom stereocenters. The molecule has 0 saturated carbocycles. The highest BCUT2D eigenvalue weighted by molar-refractivity contribution is 7.90. The average Bonchev–Trinajstić information content (AvgIpc) is 2.73. The second kappa shape index (κ2) is 11.1. The molecule has 0 aliphatic heterocycles. The molecule has 2 amide bonds. The van der Waals surface area contributed by atoms with Gasteiger partial charge < -0.3 is 10.1 Å². The molecule has 0 aliphatic carbocycles. The number of rotatable bonds is 10. The molecular formula is C19H19Cl2N3O7S. The van der Waals surface area contributed by atoms with Crippen molar-refractivity contribution in [1.82, 2.24) is 10.0 Å². The molecule has 0 bridgehead atoms. The summed E-state index contributed by atoms with van der Waals surface area (Å²) in [7, 11) is -4.32. The minimum absolute atomic E-state index is 0.0735. The van der Waals surface area contributed by atoms with E-state index in [1.807, 2.05) is 11.6 Å². The first-order valence-corrected chi connectivity index (χ1v) is 11.5. The lowest BCUT2D eigenvalue weighted by Crippen LogP contribution is -2.39. The molecular weight excluding hydrogens is 485 g/mol. The first-order chi connectivity index (χ1) is 15.0. The van der Waals surface area contributed by atoms with Gasteiger partial charge in [0.1, 0.15) is 5.75 Å². The molecule has 0 saturated heterocycles. The fourth-order valence-corrected chi connectivity index (χ4v) is 4.12. The van der Waals surface area contributed by atoms with Crippen molar-refractivity contribution in [3.63, 3.8) is 0 Å². The standard InChI is InChI=1S/C19H19Cl2N3O7S/c1-2-3-4-17(25)22-11-18(26)23-32(29,30)14-9-15(20)19(16(21)10-14)31-13-7-5-12(6-8-13)24(27)28/h5-10H,2-4,11H2,1H3,(H,22,25)(H,23,26). The molecule has 2 N–H and O–H groups in total. The van der Waals surface area contributed by atoms with Gasteiger partial charge >= 0.3 is 0 Å². The van der Waals surface area contributed by atoms with E-state index in [1.54, 1.807) is 0 Å². The van der Waals surface area contributed by atoms with Gasteiger partial charge in [-0.1, -0.05) is 36.5 Å². The van der Waals surface area contributed by atoms with E-state index in [9.17, 15) is 28.1 Å². The topological polar surface area (TPSA) is 145 Å². The van der Waals surface area contributed by atoms with Crippen molar-refractivity contribution in [3.8, 4) is 11.5 Å². The number of ether oxygens (including phenoxy) is 1. The van der Waals surface area contributed by atoms with Crippen molar-refractivity contribution >= 4 is 50.7 Å². The summed E-state index contributed by atoms with van der Waals surface area (Å²) in [6.45, 7) is 1.40. The summed E-state index contributed by atoms with van der Waals surface area (Å²) < 4.78 is 32.3. The Hall–Kier alpha value is -2.89. The quantitative estimate of drug-likeness (QED) is 0.370. The van der Waals surface area contributed by atoms with Crippen LogP contribution in [-0.4, -0.2) is 31.7 Å². The van der Waals surface area contributed by atoms with Crippen LogP contribution in [0.4, 0.5) is 5.69 Å². The molecule has 0 radical (unpaired) electrons. The van der Waals surface area contributed by atoms with Crippen LogP contribution in [0.25, 0.3) is 0 Å². The van der Waals surface area contributed by atoms with Gasteiger partial charge in [-0.25, -0.2) is 13.1 Å². The lowest BCUT2D eigenvalue weighted by Gasteiger charge is -2.13. The van der Waals surface area contributed by atoms with Crippen LogP contribution in [0.15, 0.2) is 41.3 Å². The van der Waals surface area contributed by atoms with Gasteiger partial charge in [0, 0.05) is 18.6 Å². The van der Waals surface area contributed by atoms with E-state index < -0.39 is 32.3 Å². The Morgan fingerprint density at radius 1 is 1.09 bits per heavy atom. The maximum atomic E-state index is 12.5. The molecule has 13 heteroatoms. The number of non-ortho nitro benzene ring substituents is 1. The van der Waals surface area contributed by atoms with Gasteiger partial charge in [-0.2, -0.15) is 0 Å². The predicted octanol–water partition coefficient (Wildman–Crippen LogP) is 3.81. The summed E-state index contributed by atoms with van der Waals surface area (Å²) in [4.78, 5) is 33.2. The number of nitro groups is 1. The lowest BCUT2D eigenvalue weighted by molar-refractivity contribution is -0.384. The molecule has 0 aromatic heterocycles. The van der Waals surface area contributed by atoms with Crippen LogP contribution < -0.4 is 14.8 Å². The second-order valence-electron chi connectivity index (χ2n) is 6.48. The zero-order chi connectivity index (χ0) is 23.9. The molecule has 0 heterocycles. The number of nitrogens with one attached hydrogen (secondary N) is 2. The minimum Gasteiger partial charge on any atom is -0.454 e. The van der Waals surface area contributed by atoms with Crippen LogP contribution in [0, 0.1) is 10.1 Å². The Balaban J connectivity index is 2.11. The van der Waals surface area contributed by atoms with Gasteiger partial charge in [-0.15, -0.1) is 0 Å². The number of carbonyl (C=O) groups excluding carboxylic acids is 2. The van der Waals surface area contributed by atoms with Crippen LogP contribution in [-0.2, 0) is 19.6 Å². The largest absolute Gasteiger partial charge is 0.454 e. The molecule has 32 heavy (non-hydrogen) atoms. The maximum Gasteiger partial charge on any atom is 0.269 e. The van der Waals surface area contributed by atoms with Gasteiger partial charge in [0.15, 0.2) is 5.75 Å². The molecule has 2 aromatic carbocycles. The van der Waals surface area contributed by atoms with Gasteiger partial charge in [0.2, 0.25) is 5.91 Å². The Kier molecular flexibility index (Phi) is 8.81. The molecule has 0 unspecified atom stereocenters. The highest BCUT2D eigenvalue weighted by Gasteiger charge is 2.22. The third kappa shape index (κ3) is 7.08. The van der Waals surface area contributed by atoms with Crippen molar-refractivity contribution in [2.45, 2.75) is 31.1 Å². The fourth-order valence-electron chi connectivity index (χ4n) is 2.39. The first kappa shape index (κ1) is 25.4. The third-order valence-corrected chi connectivity index (χ3v) is 5.92. The van der Waals surface area contributed by atoms with E-state index in [0.717, 1.165) is 18.6 Å². The van der Waals surface area contributed by atoms with Crippen LogP contribution in [0.2, 0.25) is 10.0 Å². The van der Waals surface area contributed by atoms with Crippen molar-refractivity contribution in [1.29, 1.82) is 0 Å². The SMILES string of the molecule is CCCCC(=O)NCC(=O)NS(=O)(=O)c1cc(Cl)c(Oc2ccc([N+](=O)[O-])cc2)c(Cl)c1. The van der Waals surface area contributed by atoms with E-state index >= 15 is 0 Å². The zero-order valence-electron chi connectivity index (χ0n) is 16.8. The summed E-state index contributed by atoms with van der Waals surface area (Å²) in [5.74, 6) is -1.19. The summed E-state index contributed by atoms with van der Waals surface area (Å²) >= 11 is 12.2. The maximum absolute atomic E-state index is 12.5. The monoisotopic (exact) mass is 503 g/mol. The average molecular weight is 504 g/mol. The van der Waals surface area contributed by atoms with Crippen LogP contribution >= 0.6 is 23.2 Å². The molecule has 0 aliphatic rings. The molecule has 0 fully saturated rings. The number of benzene rings is 2. The van der Waals surface area contributed by atoms with E-state index in [0.29, 0.717) is 6.42 Å². The number of nitrogens with zero attached hydrogens (tertiary/aromatic N) is 1. The Bertz CT molecular complexity index is 1100. The number of hydrogen-bond acceptors (Lipinski definition) is 7. The van der Waals surface area contributed by atoms with Gasteiger partial charge in [-0.05, 0) is 30.7 Å². The van der Waals surface area contributed by atoms with Crippen LogP contribution in [0.5, 0.6) is 11.5 Å². The summed E-state index contributed by atoms with van der Waals surface area (Å²) in [6, 6.07) is 7.14. The van der Waals surface area contributed by atoms with E-state index in [1.165, 1.54) is 24.3 Å². The van der Waals surface area contributed by atoms with Crippen molar-refractivity contribution in [3.05, 3.63) is 56.6 Å². The first-order valence-electron chi connectivity index (χ1n) is 9.27. The van der Waals surface area contributed by atoms with Crippen molar-refractivity contribution < 1.29 is 27.7 Å². The van der Waals surface area contributed by atoms with Crippen molar-refractivity contribution in [2.24, 2.45) is 0 Å². The minimum atomic E-state index is -4.32. The highest BCUT2D eigenvalue weighted by Crippen LogP contribution is 2.38. The Labute approximate surface area is 194 Å². The van der Waals surface area contributed by atoms with Crippen LogP contribution in [0.1, 0.15) is 26.2 Å². The molecule has 172 valence electrons. The van der Waals surface area contributed by atoms with Crippen LogP contribution in [0.3, 0.4) is 0 Å². The molecule has 2 rings (SSSR count). The van der Waals surface area contributed by atoms with E-state index in [2.05, 4.69) is 5.32 Å². The number of amides is 2. The fraction of sp³-hybridized carbons (Fsp3) is 0.263. The van der Waals surface area contributed by atoms with Gasteiger partial charge in [0.05, 0.1) is 26.4 Å². The number of nitro benzene ring substituents is 1. The normalized spacial score (nSPS) is 11.0. The van der Waals surface area contributed by atoms with E-state index in [-0.39, 0.29) is 39.6 Å². The smallest absolute Gasteiger partial charge is 0.269 e. The second-order valence-corrected chi connectivity index (χ2v) is 8.97. The lowest BCUT2D eigenvalue weighted by atomic mass is 10.2. The molecule has 0 spiro atoms. The predicted molar refractivity (Wildman–Crippen MR) is 117 cm³/mol. The Morgan fingerprint density at radius 3 is 2.22 bits per heavy atom. The third-order valence-electron chi connectivity index (χ3n) is 4.00. The number of sulfonamides is 1. The summed E-state index contributed by atoms with van der Waals surface area (Å²) in [5.41, 5.74) is -0.145. The number of unbranched alkanes of at least 4 members (excludes halogenated alkanes) is 1. The number of carbonyl (C=O) groups is 2. The van der Waals surface area contributed by atoms with Gasteiger partial charge in [-0.3, -0.25) is 19.7 Å². The summed E-state index contributed by atoms with van der Waals surface area (Å²) in [5, 5.41) is 12.7. The number of halogens is 2. The molecule has 2 aromatic rings. The number of hydrogen-bond donors (Lipinski definition) is 2. The Morgan fingerprint density at radius 2 is 1.69 bits per heavy atom. The highest BCUT2D eigenvalue weighted by atomic mass is 35.5. The molecule has 10 nitrogen and oxygen atoms in total.